The second-order valence-corrected chi connectivity index (χ2v) is 7.09. The van der Waals surface area contributed by atoms with Gasteiger partial charge in [0.05, 0.1) is 0 Å². The first-order chi connectivity index (χ1) is 10.0. The Morgan fingerprint density at radius 1 is 0.857 bits per heavy atom. The Hall–Kier alpha value is -0.600. The van der Waals surface area contributed by atoms with Crippen LogP contribution in [0.2, 0.25) is 0 Å². The Kier molecular flexibility index (Phi) is 5.67. The van der Waals surface area contributed by atoms with E-state index in [2.05, 4.69) is 95.1 Å². The summed E-state index contributed by atoms with van der Waals surface area (Å²) in [4.78, 5) is 0. The van der Waals surface area contributed by atoms with Gasteiger partial charge < -0.3 is 0 Å². The molecule has 0 unspecified atom stereocenters. The zero-order valence-electron chi connectivity index (χ0n) is 12.9. The summed E-state index contributed by atoms with van der Waals surface area (Å²) in [7, 11) is 0. The molecule has 2 heteroatoms. The first-order valence-corrected chi connectivity index (χ1v) is 9.51. The lowest BCUT2D eigenvalue weighted by molar-refractivity contribution is 0.548. The first-order valence-electron chi connectivity index (χ1n) is 7.26. The van der Waals surface area contributed by atoms with E-state index in [9.17, 15) is 0 Å². The van der Waals surface area contributed by atoms with E-state index in [1.165, 1.54) is 27.8 Å². The van der Waals surface area contributed by atoms with Crippen LogP contribution in [0, 0.1) is 20.8 Å². The molecular formula is C19H22Br2. The summed E-state index contributed by atoms with van der Waals surface area (Å²) in [5, 5.41) is 1.89. The molecule has 2 aromatic rings. The predicted octanol–water partition coefficient (Wildman–Crippen LogP) is 5.88. The molecule has 0 saturated heterocycles. The van der Waals surface area contributed by atoms with E-state index in [0.29, 0.717) is 0 Å². The highest BCUT2D eigenvalue weighted by Gasteiger charge is 2.31. The SMILES string of the molecule is Cc1cc(C)c(CC(CBr)(CBr)c2ccccc2)c(C)c1. The van der Waals surface area contributed by atoms with Crippen molar-refractivity contribution in [1.82, 2.24) is 0 Å². The van der Waals surface area contributed by atoms with Crippen LogP contribution in [0.3, 0.4) is 0 Å². The summed E-state index contributed by atoms with van der Waals surface area (Å²) in [6, 6.07) is 15.4. The van der Waals surface area contributed by atoms with Crippen LogP contribution < -0.4 is 0 Å². The minimum Gasteiger partial charge on any atom is -0.0918 e. The van der Waals surface area contributed by atoms with Crippen LogP contribution in [-0.2, 0) is 11.8 Å². The number of aryl methyl sites for hydroxylation is 3. The van der Waals surface area contributed by atoms with Gasteiger partial charge in [-0.1, -0.05) is 79.9 Å². The van der Waals surface area contributed by atoms with Gasteiger partial charge in [-0.2, -0.15) is 0 Å². The van der Waals surface area contributed by atoms with Crippen LogP contribution in [-0.4, -0.2) is 10.7 Å². The molecule has 0 N–H and O–H groups in total. The number of alkyl halides is 2. The van der Waals surface area contributed by atoms with Crippen molar-refractivity contribution in [2.45, 2.75) is 32.6 Å². The molecule has 0 nitrogen and oxygen atoms in total. The van der Waals surface area contributed by atoms with Gasteiger partial charge in [0.1, 0.15) is 0 Å². The maximum absolute atomic E-state index is 3.76. The summed E-state index contributed by atoms with van der Waals surface area (Å²) < 4.78 is 0. The lowest BCUT2D eigenvalue weighted by Gasteiger charge is -2.32. The molecule has 0 fully saturated rings. The van der Waals surface area contributed by atoms with Crippen LogP contribution in [0.25, 0.3) is 0 Å². The summed E-state index contributed by atoms with van der Waals surface area (Å²) >= 11 is 7.52. The highest BCUT2D eigenvalue weighted by Crippen LogP contribution is 2.34. The van der Waals surface area contributed by atoms with Gasteiger partial charge in [-0.05, 0) is 49.4 Å². The van der Waals surface area contributed by atoms with Crippen molar-refractivity contribution in [1.29, 1.82) is 0 Å². The number of halogens is 2. The average Bonchev–Trinajstić information content (AvgIpc) is 2.48. The minimum absolute atomic E-state index is 0.0893. The van der Waals surface area contributed by atoms with E-state index >= 15 is 0 Å². The van der Waals surface area contributed by atoms with Crippen LogP contribution in [0.1, 0.15) is 27.8 Å². The molecule has 2 rings (SSSR count). The Morgan fingerprint density at radius 2 is 1.38 bits per heavy atom. The molecule has 0 heterocycles. The standard InChI is InChI=1S/C19H22Br2/c1-14-9-15(2)18(16(3)10-14)11-19(12-20,13-21)17-7-5-4-6-8-17/h4-10H,11-13H2,1-3H3. The fourth-order valence-electron chi connectivity index (χ4n) is 3.01. The third-order valence-electron chi connectivity index (χ3n) is 4.25. The quantitative estimate of drug-likeness (QED) is 0.540. The van der Waals surface area contributed by atoms with E-state index in [1.54, 1.807) is 0 Å². The van der Waals surface area contributed by atoms with Gasteiger partial charge in [-0.15, -0.1) is 0 Å². The molecule has 2 aromatic carbocycles. The molecule has 0 aliphatic rings. The van der Waals surface area contributed by atoms with E-state index in [-0.39, 0.29) is 5.41 Å². The van der Waals surface area contributed by atoms with E-state index in [1.807, 2.05) is 0 Å². The van der Waals surface area contributed by atoms with Crippen molar-refractivity contribution in [2.75, 3.05) is 10.7 Å². The molecule has 0 amide bonds. The van der Waals surface area contributed by atoms with E-state index in [4.69, 9.17) is 0 Å². The topological polar surface area (TPSA) is 0 Å². The molecule has 0 saturated carbocycles. The van der Waals surface area contributed by atoms with Crippen molar-refractivity contribution in [2.24, 2.45) is 0 Å². The summed E-state index contributed by atoms with van der Waals surface area (Å²) in [5.74, 6) is 0. The number of hydrogen-bond donors (Lipinski definition) is 0. The molecule has 0 spiro atoms. The zero-order chi connectivity index (χ0) is 15.5. The maximum Gasteiger partial charge on any atom is 0.0187 e. The number of hydrogen-bond acceptors (Lipinski definition) is 0. The highest BCUT2D eigenvalue weighted by atomic mass is 79.9. The Bertz CT molecular complexity index is 575. The Labute approximate surface area is 145 Å². The van der Waals surface area contributed by atoms with Crippen molar-refractivity contribution in [3.63, 3.8) is 0 Å². The van der Waals surface area contributed by atoms with Crippen molar-refractivity contribution in [3.05, 3.63) is 70.3 Å². The van der Waals surface area contributed by atoms with Crippen molar-refractivity contribution < 1.29 is 0 Å². The number of benzene rings is 2. The molecule has 0 atom stereocenters. The number of rotatable bonds is 5. The molecule has 0 aliphatic carbocycles. The average molecular weight is 410 g/mol. The van der Waals surface area contributed by atoms with Crippen LogP contribution in [0.15, 0.2) is 42.5 Å². The molecule has 0 bridgehead atoms. The lowest BCUT2D eigenvalue weighted by atomic mass is 9.77. The van der Waals surface area contributed by atoms with Crippen LogP contribution >= 0.6 is 31.9 Å². The fraction of sp³-hybridized carbons (Fsp3) is 0.368. The third kappa shape index (κ3) is 3.60. The predicted molar refractivity (Wildman–Crippen MR) is 100 cm³/mol. The highest BCUT2D eigenvalue weighted by molar-refractivity contribution is 9.09. The van der Waals surface area contributed by atoms with Gasteiger partial charge in [-0.25, -0.2) is 0 Å². The second kappa shape index (κ2) is 7.11. The largest absolute Gasteiger partial charge is 0.0918 e. The van der Waals surface area contributed by atoms with Gasteiger partial charge >= 0.3 is 0 Å². The van der Waals surface area contributed by atoms with Gasteiger partial charge in [-0.3, -0.25) is 0 Å². The molecule has 0 aromatic heterocycles. The third-order valence-corrected chi connectivity index (χ3v) is 6.40. The molecular weight excluding hydrogens is 388 g/mol. The monoisotopic (exact) mass is 408 g/mol. The van der Waals surface area contributed by atoms with Gasteiger partial charge in [0.25, 0.3) is 0 Å². The van der Waals surface area contributed by atoms with E-state index < -0.39 is 0 Å². The fourth-order valence-corrected chi connectivity index (χ4v) is 4.98. The maximum atomic E-state index is 3.76. The van der Waals surface area contributed by atoms with Crippen molar-refractivity contribution in [3.8, 4) is 0 Å². The zero-order valence-corrected chi connectivity index (χ0v) is 16.1. The molecule has 0 radical (unpaired) electrons. The van der Waals surface area contributed by atoms with E-state index in [0.717, 1.165) is 17.1 Å². The van der Waals surface area contributed by atoms with Gasteiger partial charge in [0.2, 0.25) is 0 Å². The lowest BCUT2D eigenvalue weighted by Crippen LogP contribution is -2.33. The van der Waals surface area contributed by atoms with Crippen LogP contribution in [0.5, 0.6) is 0 Å². The van der Waals surface area contributed by atoms with Gasteiger partial charge in [0.15, 0.2) is 0 Å². The summed E-state index contributed by atoms with van der Waals surface area (Å²) in [6.07, 6.45) is 1.05. The normalized spacial score (nSPS) is 11.7. The van der Waals surface area contributed by atoms with Gasteiger partial charge in [0, 0.05) is 16.1 Å². The second-order valence-electron chi connectivity index (χ2n) is 5.97. The Balaban J connectivity index is 2.47. The summed E-state index contributed by atoms with van der Waals surface area (Å²) in [5.41, 5.74) is 7.09. The Morgan fingerprint density at radius 3 is 1.86 bits per heavy atom. The molecule has 21 heavy (non-hydrogen) atoms. The van der Waals surface area contributed by atoms with Crippen molar-refractivity contribution >= 4 is 31.9 Å². The molecule has 0 aliphatic heterocycles. The minimum atomic E-state index is 0.0893. The smallest absolute Gasteiger partial charge is 0.0187 e. The first kappa shape index (κ1) is 16.8. The molecule has 112 valence electrons. The van der Waals surface area contributed by atoms with Crippen LogP contribution in [0.4, 0.5) is 0 Å². The summed E-state index contributed by atoms with van der Waals surface area (Å²) in [6.45, 7) is 6.63.